The molecule has 10 nitrogen and oxygen atoms in total. The fraction of sp³-hybridized carbons (Fsp3) is 0.346. The molecule has 0 spiro atoms. The molecule has 37 heavy (non-hydrogen) atoms. The third kappa shape index (κ3) is 5.57. The minimum absolute atomic E-state index is 0.0294. The summed E-state index contributed by atoms with van der Waals surface area (Å²) < 4.78 is 21.7. The number of halogens is 1. The van der Waals surface area contributed by atoms with E-state index in [1.54, 1.807) is 12.1 Å². The summed E-state index contributed by atoms with van der Waals surface area (Å²) in [6, 6.07) is 13.3. The van der Waals surface area contributed by atoms with Crippen molar-refractivity contribution in [1.29, 1.82) is 0 Å². The summed E-state index contributed by atoms with van der Waals surface area (Å²) in [4.78, 5) is 38.2. The molecule has 3 heterocycles. The fourth-order valence-electron chi connectivity index (χ4n) is 4.19. The lowest BCUT2D eigenvalue weighted by molar-refractivity contribution is 0.134. The number of hydrogen-bond donors (Lipinski definition) is 0. The van der Waals surface area contributed by atoms with Crippen LogP contribution in [0.15, 0.2) is 58.1 Å². The van der Waals surface area contributed by atoms with Crippen LogP contribution in [0.2, 0.25) is 0 Å². The Morgan fingerprint density at radius 3 is 2.32 bits per heavy atom. The zero-order valence-corrected chi connectivity index (χ0v) is 20.8. The van der Waals surface area contributed by atoms with Gasteiger partial charge < -0.3 is 9.64 Å². The molecule has 0 aromatic heterocycles. The van der Waals surface area contributed by atoms with E-state index in [4.69, 9.17) is 4.74 Å². The van der Waals surface area contributed by atoms with Gasteiger partial charge in [0.1, 0.15) is 18.2 Å². The molecule has 3 aliphatic rings. The topological polar surface area (TPSA) is 98.4 Å². The van der Waals surface area contributed by atoms with Gasteiger partial charge in [-0.05, 0) is 49.0 Å². The first-order chi connectivity index (χ1) is 17.9. The van der Waals surface area contributed by atoms with Crippen molar-refractivity contribution >= 4 is 0 Å². The van der Waals surface area contributed by atoms with Gasteiger partial charge in [-0.15, -0.1) is 0 Å². The van der Waals surface area contributed by atoms with Crippen LogP contribution in [0.1, 0.15) is 5.56 Å². The van der Waals surface area contributed by atoms with Gasteiger partial charge >= 0.3 is 5.69 Å². The zero-order valence-electron chi connectivity index (χ0n) is 20.8. The Morgan fingerprint density at radius 1 is 0.919 bits per heavy atom. The van der Waals surface area contributed by atoms with Crippen molar-refractivity contribution in [3.63, 3.8) is 0 Å². The average Bonchev–Trinajstić information content (AvgIpc) is 2.90. The first-order valence-corrected chi connectivity index (χ1v) is 12.1. The lowest BCUT2D eigenvalue weighted by Crippen LogP contribution is -2.45. The fourth-order valence-corrected chi connectivity index (χ4v) is 4.19. The molecule has 5 rings (SSSR count). The van der Waals surface area contributed by atoms with Crippen molar-refractivity contribution < 1.29 is 9.13 Å². The molecule has 0 aliphatic carbocycles. The highest BCUT2D eigenvalue weighted by Crippen LogP contribution is 2.22. The van der Waals surface area contributed by atoms with E-state index in [9.17, 15) is 14.0 Å². The van der Waals surface area contributed by atoms with Crippen LogP contribution in [0.5, 0.6) is 5.75 Å². The van der Waals surface area contributed by atoms with Gasteiger partial charge in [-0.1, -0.05) is 12.1 Å². The van der Waals surface area contributed by atoms with E-state index in [0.29, 0.717) is 18.0 Å². The van der Waals surface area contributed by atoms with Crippen LogP contribution < -0.4 is 16.0 Å². The van der Waals surface area contributed by atoms with Gasteiger partial charge in [-0.25, -0.2) is 18.9 Å². The lowest BCUT2D eigenvalue weighted by atomic mass is 10.2. The summed E-state index contributed by atoms with van der Waals surface area (Å²) >= 11 is 0. The third-order valence-electron chi connectivity index (χ3n) is 6.52. The minimum atomic E-state index is -0.695. The van der Waals surface area contributed by atoms with Crippen LogP contribution in [-0.4, -0.2) is 80.5 Å². The summed E-state index contributed by atoms with van der Waals surface area (Å²) in [5.41, 5.74) is 0.183. The van der Waals surface area contributed by atoms with E-state index in [-0.39, 0.29) is 23.9 Å². The lowest BCUT2D eigenvalue weighted by Gasteiger charge is -2.32. The number of aromatic nitrogens is 5. The minimum Gasteiger partial charge on any atom is -0.492 e. The molecule has 1 saturated heterocycles. The number of benzene rings is 2. The molecule has 3 aliphatic heterocycles. The van der Waals surface area contributed by atoms with Crippen LogP contribution in [0, 0.1) is 5.82 Å². The quantitative estimate of drug-likeness (QED) is 0.371. The van der Waals surface area contributed by atoms with Gasteiger partial charge in [0.15, 0.2) is 17.3 Å². The van der Waals surface area contributed by atoms with Gasteiger partial charge in [0.05, 0.1) is 6.54 Å². The third-order valence-corrected chi connectivity index (χ3v) is 6.52. The molecule has 192 valence electrons. The Morgan fingerprint density at radius 2 is 1.62 bits per heavy atom. The predicted molar refractivity (Wildman–Crippen MR) is 136 cm³/mol. The summed E-state index contributed by atoms with van der Waals surface area (Å²) in [6.45, 7) is 5.85. The molecular weight excluding hydrogens is 477 g/mol. The first-order valence-electron chi connectivity index (χ1n) is 12.1. The van der Waals surface area contributed by atoms with Crippen molar-refractivity contribution in [3.05, 3.63) is 80.7 Å². The molecule has 0 bridgehead atoms. The van der Waals surface area contributed by atoms with E-state index < -0.39 is 11.2 Å². The maximum Gasteiger partial charge on any atom is 0.352 e. The highest BCUT2D eigenvalue weighted by molar-refractivity contribution is 5.60. The van der Waals surface area contributed by atoms with Gasteiger partial charge in [0.25, 0.3) is 5.56 Å². The van der Waals surface area contributed by atoms with E-state index >= 15 is 0 Å². The molecular formula is C26H28FN7O3. The van der Waals surface area contributed by atoms with Crippen LogP contribution in [0.25, 0.3) is 22.9 Å². The number of nitrogens with zero attached hydrogens (tertiary/aromatic N) is 7. The number of likely N-dealkylation sites (N-methyl/N-ethyl adjacent to an activating group) is 1. The zero-order chi connectivity index (χ0) is 25.9. The van der Waals surface area contributed by atoms with Crippen molar-refractivity contribution in [1.82, 2.24) is 34.1 Å². The number of rotatable bonds is 7. The van der Waals surface area contributed by atoms with Crippen molar-refractivity contribution in [2.45, 2.75) is 6.54 Å². The Labute approximate surface area is 212 Å². The Balaban J connectivity index is 1.40. The predicted octanol–water partition coefficient (Wildman–Crippen LogP) is 1.32. The number of fused-ring (bicyclic) bond motifs is 1. The molecule has 0 saturated carbocycles. The second-order valence-electron chi connectivity index (χ2n) is 9.17. The van der Waals surface area contributed by atoms with E-state index in [2.05, 4.69) is 31.9 Å². The summed E-state index contributed by atoms with van der Waals surface area (Å²) in [6.07, 6.45) is 0. The molecule has 2 aromatic rings. The normalized spacial score (nSPS) is 14.8. The second kappa shape index (κ2) is 10.6. The molecule has 2 aromatic carbocycles. The molecule has 0 atom stereocenters. The summed E-state index contributed by atoms with van der Waals surface area (Å²) in [5.74, 6) is 0.745. The average molecular weight is 506 g/mol. The Hall–Kier alpha value is -3.96. The first kappa shape index (κ1) is 24.7. The highest BCUT2D eigenvalue weighted by atomic mass is 19.1. The van der Waals surface area contributed by atoms with E-state index in [0.717, 1.165) is 48.6 Å². The SMILES string of the molecule is CN1CCN(CCOc2ccc(-c3nc4c(=O)n(C)c(=O)nc-4n(Cc4ccc(F)cc4)n3)cc2)CC1. The number of piperazine rings is 1. The molecule has 0 unspecified atom stereocenters. The van der Waals surface area contributed by atoms with Gasteiger partial charge in [-0.3, -0.25) is 14.3 Å². The Bertz CT molecular complexity index is 1460. The smallest absolute Gasteiger partial charge is 0.352 e. The molecule has 0 radical (unpaired) electrons. The summed E-state index contributed by atoms with van der Waals surface area (Å²) in [5, 5.41) is 4.57. The van der Waals surface area contributed by atoms with Crippen LogP contribution in [-0.2, 0) is 13.6 Å². The summed E-state index contributed by atoms with van der Waals surface area (Å²) in [7, 11) is 3.49. The number of ether oxygens (including phenoxy) is 1. The Kier molecular flexibility index (Phi) is 7.06. The van der Waals surface area contributed by atoms with Gasteiger partial charge in [0, 0.05) is 45.3 Å². The maximum absolute atomic E-state index is 13.4. The van der Waals surface area contributed by atoms with Gasteiger partial charge in [-0.2, -0.15) is 10.1 Å². The highest BCUT2D eigenvalue weighted by Gasteiger charge is 2.21. The van der Waals surface area contributed by atoms with Crippen LogP contribution in [0.4, 0.5) is 4.39 Å². The number of hydrogen-bond acceptors (Lipinski definition) is 8. The molecule has 0 N–H and O–H groups in total. The monoisotopic (exact) mass is 505 g/mol. The largest absolute Gasteiger partial charge is 0.492 e. The second-order valence-corrected chi connectivity index (χ2v) is 9.17. The maximum atomic E-state index is 13.4. The van der Waals surface area contributed by atoms with Gasteiger partial charge in [0.2, 0.25) is 0 Å². The van der Waals surface area contributed by atoms with E-state index in [1.807, 2.05) is 24.3 Å². The molecule has 1 fully saturated rings. The van der Waals surface area contributed by atoms with E-state index in [1.165, 1.54) is 23.9 Å². The standard InChI is InChI=1S/C26H28FN7O3/c1-31-11-13-33(14-12-31)15-16-37-21-9-5-19(6-10-21)23-28-22-24(29-26(36)32(2)25(22)35)34(30-23)17-18-3-7-20(27)8-4-18/h3-10H,11-17H2,1-2H3. The van der Waals surface area contributed by atoms with Crippen LogP contribution >= 0.6 is 0 Å². The van der Waals surface area contributed by atoms with Crippen molar-refractivity contribution in [3.8, 4) is 28.7 Å². The van der Waals surface area contributed by atoms with Crippen LogP contribution in [0.3, 0.4) is 0 Å². The van der Waals surface area contributed by atoms with Crippen molar-refractivity contribution in [2.24, 2.45) is 7.05 Å². The molecule has 0 amide bonds. The van der Waals surface area contributed by atoms with Crippen molar-refractivity contribution in [2.75, 3.05) is 46.4 Å². The molecule has 11 heteroatoms.